The summed E-state index contributed by atoms with van der Waals surface area (Å²) in [6.45, 7) is 1.53. The standard InChI is InChI=1S/C13H23N3O2/c1-15-6-7-16(9-13(15)18)12(17)8-10-4-2-3-5-11(10)14/h10-11H,2-9,14H2,1H3. The predicted molar refractivity (Wildman–Crippen MR) is 68.8 cm³/mol. The van der Waals surface area contributed by atoms with Gasteiger partial charge in [0.1, 0.15) is 0 Å². The molecule has 5 heteroatoms. The minimum absolute atomic E-state index is 0.0301. The molecule has 0 aromatic carbocycles. The summed E-state index contributed by atoms with van der Waals surface area (Å²) in [6.07, 6.45) is 4.94. The fourth-order valence-electron chi connectivity index (χ4n) is 2.81. The minimum atomic E-state index is 0.0301. The second kappa shape index (κ2) is 5.69. The monoisotopic (exact) mass is 253 g/mol. The molecule has 0 aromatic heterocycles. The van der Waals surface area contributed by atoms with Gasteiger partial charge in [0.05, 0.1) is 6.54 Å². The fourth-order valence-corrected chi connectivity index (χ4v) is 2.81. The summed E-state index contributed by atoms with van der Waals surface area (Å²) in [5, 5.41) is 0. The van der Waals surface area contributed by atoms with Crippen molar-refractivity contribution in [1.29, 1.82) is 0 Å². The first-order valence-corrected chi connectivity index (χ1v) is 6.85. The number of nitrogens with zero attached hydrogens (tertiary/aromatic N) is 2. The van der Waals surface area contributed by atoms with Gasteiger partial charge in [-0.1, -0.05) is 12.8 Å². The van der Waals surface area contributed by atoms with Crippen LogP contribution in [0.15, 0.2) is 0 Å². The zero-order valence-electron chi connectivity index (χ0n) is 11.1. The number of nitrogens with two attached hydrogens (primary N) is 1. The maximum atomic E-state index is 12.2. The first-order valence-electron chi connectivity index (χ1n) is 6.85. The van der Waals surface area contributed by atoms with Gasteiger partial charge in [0.15, 0.2) is 0 Å². The van der Waals surface area contributed by atoms with E-state index in [-0.39, 0.29) is 24.4 Å². The smallest absolute Gasteiger partial charge is 0.241 e. The molecule has 0 aromatic rings. The molecule has 0 spiro atoms. The van der Waals surface area contributed by atoms with Crippen LogP contribution in [0.3, 0.4) is 0 Å². The minimum Gasteiger partial charge on any atom is -0.342 e. The topological polar surface area (TPSA) is 66.6 Å². The summed E-state index contributed by atoms with van der Waals surface area (Å²) in [6, 6.07) is 0.158. The molecule has 2 rings (SSSR count). The van der Waals surface area contributed by atoms with Crippen molar-refractivity contribution in [2.45, 2.75) is 38.1 Å². The van der Waals surface area contributed by atoms with E-state index in [9.17, 15) is 9.59 Å². The zero-order valence-corrected chi connectivity index (χ0v) is 11.1. The first-order chi connectivity index (χ1) is 8.58. The van der Waals surface area contributed by atoms with E-state index in [0.29, 0.717) is 25.4 Å². The molecule has 0 bridgehead atoms. The number of carbonyl (C=O) groups excluding carboxylic acids is 2. The van der Waals surface area contributed by atoms with Gasteiger partial charge >= 0.3 is 0 Å². The van der Waals surface area contributed by atoms with E-state index in [2.05, 4.69) is 0 Å². The van der Waals surface area contributed by atoms with Gasteiger partial charge in [-0.25, -0.2) is 0 Å². The Labute approximate surface area is 108 Å². The average Bonchev–Trinajstić information content (AvgIpc) is 2.35. The molecule has 2 unspecified atom stereocenters. The Morgan fingerprint density at radius 3 is 2.72 bits per heavy atom. The molecule has 2 N–H and O–H groups in total. The third kappa shape index (κ3) is 3.02. The number of amides is 2. The largest absolute Gasteiger partial charge is 0.342 e. The molecule has 18 heavy (non-hydrogen) atoms. The van der Waals surface area contributed by atoms with E-state index in [1.807, 2.05) is 0 Å². The lowest BCUT2D eigenvalue weighted by Gasteiger charge is -2.34. The van der Waals surface area contributed by atoms with Crippen molar-refractivity contribution < 1.29 is 9.59 Å². The lowest BCUT2D eigenvalue weighted by Crippen LogP contribution is -2.51. The van der Waals surface area contributed by atoms with Crippen LogP contribution in [0.4, 0.5) is 0 Å². The van der Waals surface area contributed by atoms with Crippen LogP contribution in [0.2, 0.25) is 0 Å². The number of carbonyl (C=O) groups is 2. The first kappa shape index (κ1) is 13.3. The third-order valence-corrected chi connectivity index (χ3v) is 4.21. The van der Waals surface area contributed by atoms with E-state index >= 15 is 0 Å². The molecular weight excluding hydrogens is 230 g/mol. The van der Waals surface area contributed by atoms with Crippen molar-refractivity contribution in [3.63, 3.8) is 0 Å². The van der Waals surface area contributed by atoms with Crippen molar-refractivity contribution in [3.8, 4) is 0 Å². The highest BCUT2D eigenvalue weighted by Crippen LogP contribution is 2.26. The van der Waals surface area contributed by atoms with Crippen LogP contribution in [0.25, 0.3) is 0 Å². The molecule has 1 saturated carbocycles. The number of piperazine rings is 1. The van der Waals surface area contributed by atoms with Gasteiger partial charge in [-0.3, -0.25) is 9.59 Å². The lowest BCUT2D eigenvalue weighted by molar-refractivity contribution is -0.144. The lowest BCUT2D eigenvalue weighted by atomic mass is 9.82. The highest BCUT2D eigenvalue weighted by atomic mass is 16.2. The summed E-state index contributed by atoms with van der Waals surface area (Å²) < 4.78 is 0. The Bertz CT molecular complexity index is 332. The Kier molecular flexibility index (Phi) is 4.22. The molecule has 5 nitrogen and oxygen atoms in total. The van der Waals surface area contributed by atoms with Crippen molar-refractivity contribution >= 4 is 11.8 Å². The van der Waals surface area contributed by atoms with Gasteiger partial charge < -0.3 is 15.5 Å². The van der Waals surface area contributed by atoms with Gasteiger partial charge in [0.2, 0.25) is 11.8 Å². The van der Waals surface area contributed by atoms with E-state index in [0.717, 1.165) is 12.8 Å². The number of likely N-dealkylation sites (N-methyl/N-ethyl adjacent to an activating group) is 1. The van der Waals surface area contributed by atoms with Crippen molar-refractivity contribution in [1.82, 2.24) is 9.80 Å². The van der Waals surface area contributed by atoms with Gasteiger partial charge in [-0.2, -0.15) is 0 Å². The summed E-state index contributed by atoms with van der Waals surface area (Å²) in [4.78, 5) is 27.1. The third-order valence-electron chi connectivity index (χ3n) is 4.21. The van der Waals surface area contributed by atoms with Crippen molar-refractivity contribution in [2.24, 2.45) is 11.7 Å². The quantitative estimate of drug-likeness (QED) is 0.764. The fraction of sp³-hybridized carbons (Fsp3) is 0.846. The number of rotatable bonds is 2. The normalized spacial score (nSPS) is 29.6. The van der Waals surface area contributed by atoms with E-state index in [1.54, 1.807) is 16.8 Å². The van der Waals surface area contributed by atoms with Gasteiger partial charge in [-0.15, -0.1) is 0 Å². The van der Waals surface area contributed by atoms with Gasteiger partial charge in [0, 0.05) is 32.6 Å². The number of hydrogen-bond donors (Lipinski definition) is 1. The Morgan fingerprint density at radius 2 is 2.06 bits per heavy atom. The summed E-state index contributed by atoms with van der Waals surface area (Å²) in [5.41, 5.74) is 6.06. The van der Waals surface area contributed by atoms with Gasteiger partial charge in [0.25, 0.3) is 0 Å². The number of hydrogen-bond acceptors (Lipinski definition) is 3. The Balaban J connectivity index is 1.86. The molecule has 0 radical (unpaired) electrons. The Hall–Kier alpha value is -1.10. The van der Waals surface area contributed by atoms with Crippen LogP contribution in [-0.4, -0.2) is 54.3 Å². The van der Waals surface area contributed by atoms with Crippen molar-refractivity contribution in [2.75, 3.05) is 26.7 Å². The van der Waals surface area contributed by atoms with E-state index < -0.39 is 0 Å². The molecule has 1 saturated heterocycles. The maximum Gasteiger partial charge on any atom is 0.241 e. The second-order valence-electron chi connectivity index (χ2n) is 5.54. The predicted octanol–water partition coefficient (Wildman–Crippen LogP) is 0.195. The van der Waals surface area contributed by atoms with E-state index in [1.165, 1.54) is 12.8 Å². The summed E-state index contributed by atoms with van der Waals surface area (Å²) >= 11 is 0. The molecular formula is C13H23N3O2. The van der Waals surface area contributed by atoms with Crippen molar-refractivity contribution in [3.05, 3.63) is 0 Å². The second-order valence-corrected chi connectivity index (χ2v) is 5.54. The van der Waals surface area contributed by atoms with Crippen LogP contribution < -0.4 is 5.73 Å². The van der Waals surface area contributed by atoms with Crippen LogP contribution in [0.5, 0.6) is 0 Å². The average molecular weight is 253 g/mol. The molecule has 2 amide bonds. The molecule has 1 aliphatic heterocycles. The Morgan fingerprint density at radius 1 is 1.33 bits per heavy atom. The van der Waals surface area contributed by atoms with Gasteiger partial charge in [-0.05, 0) is 18.8 Å². The van der Waals surface area contributed by atoms with Crippen LogP contribution >= 0.6 is 0 Å². The molecule has 2 fully saturated rings. The molecule has 1 aliphatic carbocycles. The summed E-state index contributed by atoms with van der Waals surface area (Å²) in [7, 11) is 1.78. The maximum absolute atomic E-state index is 12.2. The van der Waals surface area contributed by atoms with Crippen LogP contribution in [0, 0.1) is 5.92 Å². The SMILES string of the molecule is CN1CCN(C(=O)CC2CCCCC2N)CC1=O. The van der Waals surface area contributed by atoms with Crippen LogP contribution in [0.1, 0.15) is 32.1 Å². The molecule has 2 aliphatic rings. The van der Waals surface area contributed by atoms with Crippen LogP contribution in [-0.2, 0) is 9.59 Å². The van der Waals surface area contributed by atoms with E-state index in [4.69, 9.17) is 5.73 Å². The molecule has 2 atom stereocenters. The molecule has 1 heterocycles. The highest BCUT2D eigenvalue weighted by Gasteiger charge is 2.29. The highest BCUT2D eigenvalue weighted by molar-refractivity contribution is 5.86. The molecule has 102 valence electrons. The zero-order chi connectivity index (χ0) is 13.1. The summed E-state index contributed by atoms with van der Waals surface area (Å²) in [5.74, 6) is 0.433.